The summed E-state index contributed by atoms with van der Waals surface area (Å²) in [6.07, 6.45) is 1.85. The van der Waals surface area contributed by atoms with E-state index in [0.717, 1.165) is 43.2 Å². The number of aromatic nitrogens is 1. The first-order chi connectivity index (χ1) is 11.8. The van der Waals surface area contributed by atoms with Crippen molar-refractivity contribution in [3.05, 3.63) is 59.9 Å². The fourth-order valence-corrected chi connectivity index (χ4v) is 4.19. The molecule has 0 amide bonds. The van der Waals surface area contributed by atoms with E-state index in [1.165, 1.54) is 10.3 Å². The van der Waals surface area contributed by atoms with Gasteiger partial charge in [-0.3, -0.25) is 0 Å². The molecular weight excluding hydrogens is 323 g/mol. The van der Waals surface area contributed by atoms with Crippen LogP contribution in [0.15, 0.2) is 48.5 Å². The molecule has 5 heteroatoms. The van der Waals surface area contributed by atoms with Gasteiger partial charge in [0, 0.05) is 25.2 Å². The summed E-state index contributed by atoms with van der Waals surface area (Å²) in [6, 6.07) is 15.0. The van der Waals surface area contributed by atoms with Crippen LogP contribution in [0, 0.1) is 5.82 Å². The minimum atomic E-state index is -0.194. The first-order valence-electron chi connectivity index (χ1n) is 8.18. The van der Waals surface area contributed by atoms with Crippen LogP contribution < -0.4 is 5.32 Å². The molecule has 1 N–H and O–H groups in total. The number of fused-ring (bicyclic) bond motifs is 1. The molecule has 0 bridgehead atoms. The molecule has 3 aromatic rings. The summed E-state index contributed by atoms with van der Waals surface area (Å²) in [5.74, 6) is -0.194. The summed E-state index contributed by atoms with van der Waals surface area (Å²) in [6.45, 7) is 2.25. The third-order valence-corrected chi connectivity index (χ3v) is 5.77. The van der Waals surface area contributed by atoms with Crippen molar-refractivity contribution >= 4 is 26.7 Å². The number of para-hydroxylation sites is 1. The van der Waals surface area contributed by atoms with Crippen LogP contribution in [0.25, 0.3) is 10.2 Å². The molecule has 4 rings (SSSR count). The Labute approximate surface area is 144 Å². The highest BCUT2D eigenvalue weighted by atomic mass is 32.1. The first-order valence-corrected chi connectivity index (χ1v) is 9.00. The quantitative estimate of drug-likeness (QED) is 0.753. The second-order valence-corrected chi connectivity index (χ2v) is 7.27. The number of ether oxygens (including phenoxy) is 1. The van der Waals surface area contributed by atoms with Crippen molar-refractivity contribution in [1.29, 1.82) is 0 Å². The molecule has 2 aromatic carbocycles. The fourth-order valence-electron chi connectivity index (χ4n) is 3.33. The SMILES string of the molecule is Fc1ccc(C2(CNc3nc4ccccc4s3)CCOCC2)cc1. The van der Waals surface area contributed by atoms with Gasteiger partial charge in [0.15, 0.2) is 5.13 Å². The van der Waals surface area contributed by atoms with Crippen molar-refractivity contribution in [3.63, 3.8) is 0 Å². The highest BCUT2D eigenvalue weighted by Crippen LogP contribution is 2.36. The Balaban J connectivity index is 1.58. The third kappa shape index (κ3) is 3.01. The molecule has 1 aromatic heterocycles. The molecule has 2 heterocycles. The molecule has 1 aliphatic rings. The minimum Gasteiger partial charge on any atom is -0.381 e. The van der Waals surface area contributed by atoms with Gasteiger partial charge in [0.25, 0.3) is 0 Å². The molecule has 3 nitrogen and oxygen atoms in total. The second kappa shape index (κ2) is 6.49. The fraction of sp³-hybridized carbons (Fsp3) is 0.316. The number of rotatable bonds is 4. The Morgan fingerprint density at radius 1 is 1.08 bits per heavy atom. The average molecular weight is 342 g/mol. The van der Waals surface area contributed by atoms with Gasteiger partial charge in [0.05, 0.1) is 10.2 Å². The zero-order valence-corrected chi connectivity index (χ0v) is 14.1. The molecular formula is C19H19FN2OS. The number of thiazole rings is 1. The molecule has 1 aliphatic heterocycles. The number of halogens is 1. The largest absolute Gasteiger partial charge is 0.381 e. The topological polar surface area (TPSA) is 34.2 Å². The van der Waals surface area contributed by atoms with E-state index in [2.05, 4.69) is 16.4 Å². The molecule has 0 spiro atoms. The van der Waals surface area contributed by atoms with E-state index in [9.17, 15) is 4.39 Å². The maximum atomic E-state index is 13.3. The van der Waals surface area contributed by atoms with Gasteiger partial charge in [0.1, 0.15) is 5.82 Å². The van der Waals surface area contributed by atoms with Crippen LogP contribution in [0.2, 0.25) is 0 Å². The molecule has 1 fully saturated rings. The van der Waals surface area contributed by atoms with Crippen LogP contribution in [0.1, 0.15) is 18.4 Å². The first kappa shape index (κ1) is 15.5. The van der Waals surface area contributed by atoms with Crippen LogP contribution >= 0.6 is 11.3 Å². The van der Waals surface area contributed by atoms with Crippen LogP contribution in [0.4, 0.5) is 9.52 Å². The van der Waals surface area contributed by atoms with Gasteiger partial charge < -0.3 is 10.1 Å². The van der Waals surface area contributed by atoms with Crippen molar-refractivity contribution in [2.75, 3.05) is 25.1 Å². The van der Waals surface area contributed by atoms with E-state index < -0.39 is 0 Å². The van der Waals surface area contributed by atoms with Crippen molar-refractivity contribution in [2.24, 2.45) is 0 Å². The number of nitrogens with one attached hydrogen (secondary N) is 1. The predicted octanol–water partition coefficient (Wildman–Crippen LogP) is 4.60. The monoisotopic (exact) mass is 342 g/mol. The van der Waals surface area contributed by atoms with E-state index in [-0.39, 0.29) is 11.2 Å². The second-order valence-electron chi connectivity index (χ2n) is 6.24. The maximum absolute atomic E-state index is 13.3. The van der Waals surface area contributed by atoms with Crippen LogP contribution in [-0.2, 0) is 10.2 Å². The number of nitrogens with zero attached hydrogens (tertiary/aromatic N) is 1. The molecule has 0 radical (unpaired) electrons. The summed E-state index contributed by atoms with van der Waals surface area (Å²) in [5.41, 5.74) is 2.15. The number of hydrogen-bond donors (Lipinski definition) is 1. The van der Waals surface area contributed by atoms with Gasteiger partial charge in [-0.1, -0.05) is 35.6 Å². The standard InChI is InChI=1S/C19H19FN2OS/c20-15-7-5-14(6-8-15)19(9-11-23-12-10-19)13-21-18-22-16-3-1-2-4-17(16)24-18/h1-8H,9-13H2,(H,21,22). The van der Waals surface area contributed by atoms with E-state index >= 15 is 0 Å². The van der Waals surface area contributed by atoms with Gasteiger partial charge in [-0.05, 0) is 42.7 Å². The number of benzene rings is 2. The highest BCUT2D eigenvalue weighted by Gasteiger charge is 2.34. The Morgan fingerprint density at radius 3 is 2.58 bits per heavy atom. The van der Waals surface area contributed by atoms with E-state index in [1.54, 1.807) is 23.5 Å². The molecule has 0 atom stereocenters. The van der Waals surface area contributed by atoms with Gasteiger partial charge >= 0.3 is 0 Å². The summed E-state index contributed by atoms with van der Waals surface area (Å²) in [7, 11) is 0. The summed E-state index contributed by atoms with van der Waals surface area (Å²) < 4.78 is 20.0. The molecule has 0 unspecified atom stereocenters. The smallest absolute Gasteiger partial charge is 0.183 e. The summed E-state index contributed by atoms with van der Waals surface area (Å²) >= 11 is 1.67. The van der Waals surface area contributed by atoms with Crippen LogP contribution in [-0.4, -0.2) is 24.7 Å². The minimum absolute atomic E-state index is 0.0379. The predicted molar refractivity (Wildman–Crippen MR) is 96.2 cm³/mol. The number of hydrogen-bond acceptors (Lipinski definition) is 4. The lowest BCUT2D eigenvalue weighted by molar-refractivity contribution is 0.0544. The van der Waals surface area contributed by atoms with Crippen LogP contribution in [0.5, 0.6) is 0 Å². The third-order valence-electron chi connectivity index (χ3n) is 4.78. The number of anilines is 1. The molecule has 1 saturated heterocycles. The van der Waals surface area contributed by atoms with Crippen molar-refractivity contribution in [1.82, 2.24) is 4.98 Å². The van der Waals surface area contributed by atoms with Gasteiger partial charge in [-0.2, -0.15) is 0 Å². The Hall–Kier alpha value is -1.98. The molecule has 24 heavy (non-hydrogen) atoms. The Morgan fingerprint density at radius 2 is 1.83 bits per heavy atom. The van der Waals surface area contributed by atoms with E-state index in [0.29, 0.717) is 0 Å². The molecule has 0 saturated carbocycles. The molecule has 124 valence electrons. The lowest BCUT2D eigenvalue weighted by Crippen LogP contribution is -2.40. The zero-order valence-electron chi connectivity index (χ0n) is 13.3. The normalized spacial score (nSPS) is 17.0. The average Bonchev–Trinajstić information content (AvgIpc) is 3.04. The van der Waals surface area contributed by atoms with E-state index in [4.69, 9.17) is 4.74 Å². The van der Waals surface area contributed by atoms with Gasteiger partial charge in [-0.15, -0.1) is 0 Å². The Bertz CT molecular complexity index is 792. The van der Waals surface area contributed by atoms with Gasteiger partial charge in [0.2, 0.25) is 0 Å². The van der Waals surface area contributed by atoms with Crippen molar-refractivity contribution < 1.29 is 9.13 Å². The zero-order chi connectivity index (χ0) is 16.4. The highest BCUT2D eigenvalue weighted by molar-refractivity contribution is 7.22. The van der Waals surface area contributed by atoms with Gasteiger partial charge in [-0.25, -0.2) is 9.37 Å². The van der Waals surface area contributed by atoms with Crippen molar-refractivity contribution in [2.45, 2.75) is 18.3 Å². The maximum Gasteiger partial charge on any atom is 0.183 e. The Kier molecular flexibility index (Phi) is 4.21. The lowest BCUT2D eigenvalue weighted by atomic mass is 9.74. The lowest BCUT2D eigenvalue weighted by Gasteiger charge is -2.38. The summed E-state index contributed by atoms with van der Waals surface area (Å²) in [5, 5.41) is 4.45. The van der Waals surface area contributed by atoms with Crippen molar-refractivity contribution in [3.8, 4) is 0 Å². The van der Waals surface area contributed by atoms with E-state index in [1.807, 2.05) is 30.3 Å². The molecule has 0 aliphatic carbocycles. The summed E-state index contributed by atoms with van der Waals surface area (Å²) in [4.78, 5) is 4.65. The van der Waals surface area contributed by atoms with Crippen LogP contribution in [0.3, 0.4) is 0 Å².